The molecule has 1 saturated carbocycles. The van der Waals surface area contributed by atoms with Crippen molar-refractivity contribution in [3.8, 4) is 0 Å². The second-order valence-corrected chi connectivity index (χ2v) is 5.54. The molecule has 20 heavy (non-hydrogen) atoms. The summed E-state index contributed by atoms with van der Waals surface area (Å²) in [6.45, 7) is 4.83. The Balaban J connectivity index is 1.81. The molecule has 0 bridgehead atoms. The predicted octanol–water partition coefficient (Wildman–Crippen LogP) is -0.275. The zero-order valence-electron chi connectivity index (χ0n) is 12.1. The van der Waals surface area contributed by atoms with E-state index in [1.54, 1.807) is 0 Å². The highest BCUT2D eigenvalue weighted by molar-refractivity contribution is 5.84. The summed E-state index contributed by atoms with van der Waals surface area (Å²) in [7, 11) is 0. The fourth-order valence-corrected chi connectivity index (χ4v) is 2.80. The summed E-state index contributed by atoms with van der Waals surface area (Å²) >= 11 is 0. The van der Waals surface area contributed by atoms with Crippen molar-refractivity contribution in [1.29, 1.82) is 0 Å². The molecule has 3 N–H and O–H groups in total. The number of carbonyl (C=O) groups excluding carboxylic acids is 2. The van der Waals surface area contributed by atoms with Crippen LogP contribution >= 0.6 is 0 Å². The highest BCUT2D eigenvalue weighted by atomic mass is 16.5. The molecular weight excluding hydrogens is 258 g/mol. The quantitative estimate of drug-likeness (QED) is 0.702. The van der Waals surface area contributed by atoms with Crippen LogP contribution in [0, 0.1) is 11.8 Å². The van der Waals surface area contributed by atoms with Crippen LogP contribution in [0.4, 0.5) is 0 Å². The second kappa shape index (κ2) is 7.04. The SMILES string of the molecule is CCOC1CC1C(=O)N1CCCC(C(=O)NCCN)C1. The van der Waals surface area contributed by atoms with Crippen molar-refractivity contribution in [2.75, 3.05) is 32.8 Å². The molecule has 0 spiro atoms. The molecule has 0 aromatic heterocycles. The van der Waals surface area contributed by atoms with Crippen molar-refractivity contribution in [1.82, 2.24) is 10.2 Å². The summed E-state index contributed by atoms with van der Waals surface area (Å²) in [5.74, 6) is 0.0919. The van der Waals surface area contributed by atoms with Crippen LogP contribution in [0.3, 0.4) is 0 Å². The van der Waals surface area contributed by atoms with Gasteiger partial charge in [0.2, 0.25) is 11.8 Å². The molecule has 1 aliphatic heterocycles. The number of hydrogen-bond acceptors (Lipinski definition) is 4. The number of likely N-dealkylation sites (tertiary alicyclic amines) is 1. The number of rotatable bonds is 6. The number of hydrogen-bond donors (Lipinski definition) is 2. The smallest absolute Gasteiger partial charge is 0.228 e. The fraction of sp³-hybridized carbons (Fsp3) is 0.857. The van der Waals surface area contributed by atoms with Gasteiger partial charge in [-0.2, -0.15) is 0 Å². The van der Waals surface area contributed by atoms with Crippen LogP contribution in [0.15, 0.2) is 0 Å². The lowest BCUT2D eigenvalue weighted by Crippen LogP contribution is -2.46. The summed E-state index contributed by atoms with van der Waals surface area (Å²) in [5, 5.41) is 2.81. The van der Waals surface area contributed by atoms with E-state index in [9.17, 15) is 9.59 Å². The summed E-state index contributed by atoms with van der Waals surface area (Å²) in [5.41, 5.74) is 5.38. The highest BCUT2D eigenvalue weighted by Crippen LogP contribution is 2.36. The van der Waals surface area contributed by atoms with Crippen molar-refractivity contribution in [2.24, 2.45) is 17.6 Å². The van der Waals surface area contributed by atoms with Crippen LogP contribution in [0.5, 0.6) is 0 Å². The van der Waals surface area contributed by atoms with Gasteiger partial charge in [-0.15, -0.1) is 0 Å². The van der Waals surface area contributed by atoms with Gasteiger partial charge in [-0.1, -0.05) is 0 Å². The van der Waals surface area contributed by atoms with Gasteiger partial charge >= 0.3 is 0 Å². The van der Waals surface area contributed by atoms with Gasteiger partial charge in [0.1, 0.15) is 0 Å². The van der Waals surface area contributed by atoms with Crippen molar-refractivity contribution >= 4 is 11.8 Å². The van der Waals surface area contributed by atoms with Gasteiger partial charge in [-0.25, -0.2) is 0 Å². The minimum absolute atomic E-state index is 0.0146. The lowest BCUT2D eigenvalue weighted by atomic mass is 9.96. The molecule has 2 fully saturated rings. The lowest BCUT2D eigenvalue weighted by Gasteiger charge is -2.32. The molecule has 1 heterocycles. The van der Waals surface area contributed by atoms with E-state index in [1.807, 2.05) is 11.8 Å². The maximum atomic E-state index is 12.3. The molecule has 114 valence electrons. The number of nitrogens with two attached hydrogens (primary N) is 1. The maximum Gasteiger partial charge on any atom is 0.228 e. The van der Waals surface area contributed by atoms with Gasteiger partial charge in [0.05, 0.1) is 17.9 Å². The van der Waals surface area contributed by atoms with E-state index >= 15 is 0 Å². The molecule has 2 amide bonds. The Kier molecular flexibility index (Phi) is 5.37. The third-order valence-corrected chi connectivity index (χ3v) is 3.98. The average Bonchev–Trinajstić information content (AvgIpc) is 3.24. The van der Waals surface area contributed by atoms with Crippen molar-refractivity contribution in [2.45, 2.75) is 32.3 Å². The summed E-state index contributed by atoms with van der Waals surface area (Å²) < 4.78 is 5.46. The summed E-state index contributed by atoms with van der Waals surface area (Å²) in [4.78, 5) is 26.1. The highest BCUT2D eigenvalue weighted by Gasteiger charge is 2.46. The first kappa shape index (κ1) is 15.3. The number of nitrogens with zero attached hydrogens (tertiary/aromatic N) is 1. The molecule has 3 atom stereocenters. The topological polar surface area (TPSA) is 84.7 Å². The molecule has 3 unspecified atom stereocenters. The number of ether oxygens (including phenoxy) is 1. The van der Waals surface area contributed by atoms with Gasteiger partial charge in [0.25, 0.3) is 0 Å². The van der Waals surface area contributed by atoms with Gasteiger partial charge in [0, 0.05) is 32.8 Å². The van der Waals surface area contributed by atoms with E-state index in [0.29, 0.717) is 26.2 Å². The zero-order valence-corrected chi connectivity index (χ0v) is 12.1. The number of piperidine rings is 1. The fourth-order valence-electron chi connectivity index (χ4n) is 2.80. The van der Waals surface area contributed by atoms with E-state index in [0.717, 1.165) is 25.8 Å². The van der Waals surface area contributed by atoms with Crippen LogP contribution in [-0.4, -0.2) is 55.6 Å². The first-order chi connectivity index (χ1) is 9.67. The zero-order chi connectivity index (χ0) is 14.5. The van der Waals surface area contributed by atoms with Crippen molar-refractivity contribution < 1.29 is 14.3 Å². The molecule has 2 aliphatic rings. The van der Waals surface area contributed by atoms with Crippen LogP contribution in [-0.2, 0) is 14.3 Å². The van der Waals surface area contributed by atoms with Crippen molar-refractivity contribution in [3.05, 3.63) is 0 Å². The molecule has 0 aromatic carbocycles. The molecule has 0 aromatic rings. The van der Waals surface area contributed by atoms with E-state index in [2.05, 4.69) is 5.32 Å². The number of nitrogens with one attached hydrogen (secondary N) is 1. The third-order valence-electron chi connectivity index (χ3n) is 3.98. The standard InChI is InChI=1S/C14H25N3O3/c1-2-20-12-8-11(12)14(19)17-7-3-4-10(9-17)13(18)16-6-5-15/h10-12H,2-9,15H2,1H3,(H,16,18). The largest absolute Gasteiger partial charge is 0.378 e. The Morgan fingerprint density at radius 2 is 2.25 bits per heavy atom. The van der Waals surface area contributed by atoms with E-state index in [4.69, 9.17) is 10.5 Å². The minimum atomic E-state index is -0.0939. The first-order valence-electron chi connectivity index (χ1n) is 7.55. The molecule has 1 aliphatic carbocycles. The molecular formula is C14H25N3O3. The summed E-state index contributed by atoms with van der Waals surface area (Å²) in [6.07, 6.45) is 2.66. The Hall–Kier alpha value is -1.14. The molecule has 1 saturated heterocycles. The van der Waals surface area contributed by atoms with Gasteiger partial charge < -0.3 is 20.7 Å². The van der Waals surface area contributed by atoms with E-state index < -0.39 is 0 Å². The van der Waals surface area contributed by atoms with Gasteiger partial charge in [-0.05, 0) is 26.2 Å². The van der Waals surface area contributed by atoms with Crippen LogP contribution in [0.1, 0.15) is 26.2 Å². The Morgan fingerprint density at radius 3 is 2.95 bits per heavy atom. The lowest BCUT2D eigenvalue weighted by molar-refractivity contribution is -0.137. The van der Waals surface area contributed by atoms with Crippen LogP contribution in [0.2, 0.25) is 0 Å². The minimum Gasteiger partial charge on any atom is -0.378 e. The maximum absolute atomic E-state index is 12.3. The summed E-state index contributed by atoms with van der Waals surface area (Å²) in [6, 6.07) is 0. The third kappa shape index (κ3) is 3.70. The first-order valence-corrected chi connectivity index (χ1v) is 7.55. The monoisotopic (exact) mass is 283 g/mol. The normalized spacial score (nSPS) is 29.1. The van der Waals surface area contributed by atoms with Crippen LogP contribution in [0.25, 0.3) is 0 Å². The Labute approximate surface area is 120 Å². The number of carbonyl (C=O) groups is 2. The number of amides is 2. The Morgan fingerprint density at radius 1 is 1.45 bits per heavy atom. The average molecular weight is 283 g/mol. The Bertz CT molecular complexity index is 362. The van der Waals surface area contributed by atoms with E-state index in [-0.39, 0.29) is 29.8 Å². The van der Waals surface area contributed by atoms with Crippen molar-refractivity contribution in [3.63, 3.8) is 0 Å². The molecule has 6 heteroatoms. The molecule has 0 radical (unpaired) electrons. The predicted molar refractivity (Wildman–Crippen MR) is 74.9 cm³/mol. The van der Waals surface area contributed by atoms with Gasteiger partial charge in [0.15, 0.2) is 0 Å². The van der Waals surface area contributed by atoms with Gasteiger partial charge in [-0.3, -0.25) is 9.59 Å². The second-order valence-electron chi connectivity index (χ2n) is 5.54. The molecule has 2 rings (SSSR count). The van der Waals surface area contributed by atoms with E-state index in [1.165, 1.54) is 0 Å². The molecule has 6 nitrogen and oxygen atoms in total. The van der Waals surface area contributed by atoms with Crippen LogP contribution < -0.4 is 11.1 Å².